The van der Waals surface area contributed by atoms with Gasteiger partial charge in [-0.2, -0.15) is 4.73 Å². The summed E-state index contributed by atoms with van der Waals surface area (Å²) in [4.78, 5) is 39.5. The molecule has 0 atom stereocenters. The molecule has 0 unspecified atom stereocenters. The number of ether oxygens (including phenoxy) is 1. The summed E-state index contributed by atoms with van der Waals surface area (Å²) in [6.07, 6.45) is 1.34. The average Bonchev–Trinajstić information content (AvgIpc) is 2.54. The van der Waals surface area contributed by atoms with Gasteiger partial charge in [0.1, 0.15) is 12.2 Å². The van der Waals surface area contributed by atoms with E-state index in [1.807, 2.05) is 0 Å². The first-order chi connectivity index (χ1) is 11.0. The molecule has 1 aromatic carbocycles. The van der Waals surface area contributed by atoms with Crippen molar-refractivity contribution in [2.45, 2.75) is 13.5 Å². The molecule has 23 heavy (non-hydrogen) atoms. The van der Waals surface area contributed by atoms with Gasteiger partial charge >= 0.3 is 11.9 Å². The SMILES string of the molecule is CCOC(=O)c1ccc(COn2cccc(C(=O)O)c2=O)cc1. The highest BCUT2D eigenvalue weighted by Crippen LogP contribution is 2.06. The van der Waals surface area contributed by atoms with Gasteiger partial charge in [0, 0.05) is 6.20 Å². The molecule has 0 spiro atoms. The number of hydrogen-bond donors (Lipinski definition) is 1. The van der Waals surface area contributed by atoms with Crippen LogP contribution in [0.2, 0.25) is 0 Å². The van der Waals surface area contributed by atoms with Crippen molar-refractivity contribution < 1.29 is 24.3 Å². The van der Waals surface area contributed by atoms with Gasteiger partial charge in [0.15, 0.2) is 0 Å². The number of carboxylic acid groups (broad SMARTS) is 1. The maximum atomic E-state index is 11.8. The van der Waals surface area contributed by atoms with Crippen molar-refractivity contribution in [2.75, 3.05) is 6.61 Å². The van der Waals surface area contributed by atoms with Crippen molar-refractivity contribution in [3.05, 3.63) is 69.6 Å². The van der Waals surface area contributed by atoms with Crippen LogP contribution >= 0.6 is 0 Å². The van der Waals surface area contributed by atoms with Crippen LogP contribution in [0.5, 0.6) is 0 Å². The fourth-order valence-electron chi connectivity index (χ4n) is 1.84. The number of carboxylic acids is 1. The Bertz CT molecular complexity index is 763. The van der Waals surface area contributed by atoms with E-state index in [1.54, 1.807) is 31.2 Å². The normalized spacial score (nSPS) is 10.1. The number of carbonyl (C=O) groups excluding carboxylic acids is 1. The molecule has 2 rings (SSSR count). The molecule has 2 aromatic rings. The van der Waals surface area contributed by atoms with Crippen molar-refractivity contribution in [3.8, 4) is 0 Å². The third-order valence-electron chi connectivity index (χ3n) is 2.98. The summed E-state index contributed by atoms with van der Waals surface area (Å²) in [6, 6.07) is 9.13. The molecule has 0 aliphatic carbocycles. The van der Waals surface area contributed by atoms with Crippen molar-refractivity contribution in [1.82, 2.24) is 4.73 Å². The minimum Gasteiger partial charge on any atom is -0.477 e. The highest BCUT2D eigenvalue weighted by Gasteiger charge is 2.11. The van der Waals surface area contributed by atoms with Crippen LogP contribution in [0.1, 0.15) is 33.2 Å². The number of hydrogen-bond acceptors (Lipinski definition) is 5. The summed E-state index contributed by atoms with van der Waals surface area (Å²) in [5.41, 5.74) is 0.0135. The van der Waals surface area contributed by atoms with Crippen LogP contribution in [0.25, 0.3) is 0 Å². The molecule has 7 heteroatoms. The zero-order chi connectivity index (χ0) is 16.8. The monoisotopic (exact) mass is 317 g/mol. The van der Waals surface area contributed by atoms with E-state index in [4.69, 9.17) is 14.7 Å². The van der Waals surface area contributed by atoms with Gasteiger partial charge < -0.3 is 14.7 Å². The summed E-state index contributed by atoms with van der Waals surface area (Å²) in [5.74, 6) is -1.72. The molecule has 0 aliphatic heterocycles. The van der Waals surface area contributed by atoms with Crippen molar-refractivity contribution in [3.63, 3.8) is 0 Å². The van der Waals surface area contributed by atoms with E-state index in [0.717, 1.165) is 4.73 Å². The van der Waals surface area contributed by atoms with E-state index in [0.29, 0.717) is 17.7 Å². The van der Waals surface area contributed by atoms with Crippen molar-refractivity contribution >= 4 is 11.9 Å². The Morgan fingerprint density at radius 1 is 1.17 bits per heavy atom. The Morgan fingerprint density at radius 3 is 2.48 bits per heavy atom. The van der Waals surface area contributed by atoms with Crippen LogP contribution in [0.3, 0.4) is 0 Å². The first kappa shape index (κ1) is 16.3. The van der Waals surface area contributed by atoms with Crippen LogP contribution in [-0.2, 0) is 11.3 Å². The zero-order valence-corrected chi connectivity index (χ0v) is 12.4. The lowest BCUT2D eigenvalue weighted by Crippen LogP contribution is -2.30. The van der Waals surface area contributed by atoms with E-state index in [1.165, 1.54) is 18.3 Å². The lowest BCUT2D eigenvalue weighted by Gasteiger charge is -2.09. The Labute approximate surface area is 131 Å². The highest BCUT2D eigenvalue weighted by molar-refractivity contribution is 5.89. The number of aromatic nitrogens is 1. The Morgan fingerprint density at radius 2 is 1.87 bits per heavy atom. The maximum Gasteiger partial charge on any atom is 0.341 e. The average molecular weight is 317 g/mol. The molecule has 0 radical (unpaired) electrons. The first-order valence-electron chi connectivity index (χ1n) is 6.87. The second-order valence-electron chi connectivity index (χ2n) is 4.55. The van der Waals surface area contributed by atoms with Gasteiger partial charge in [-0.3, -0.25) is 4.79 Å². The number of aromatic carboxylic acids is 1. The lowest BCUT2D eigenvalue weighted by atomic mass is 10.1. The number of benzene rings is 1. The quantitative estimate of drug-likeness (QED) is 0.808. The number of nitrogens with zero attached hydrogens (tertiary/aromatic N) is 1. The topological polar surface area (TPSA) is 94.8 Å². The smallest absolute Gasteiger partial charge is 0.341 e. The molecular formula is C16H15NO6. The standard InChI is InChI=1S/C16H15NO6/c1-2-22-16(21)12-7-5-11(6-8-12)10-23-17-9-3-4-13(14(17)18)15(19)20/h3-9H,2,10H2,1H3,(H,19,20). The summed E-state index contributed by atoms with van der Waals surface area (Å²) >= 11 is 0. The third-order valence-corrected chi connectivity index (χ3v) is 2.98. The Kier molecular flexibility index (Phi) is 5.14. The largest absolute Gasteiger partial charge is 0.477 e. The van der Waals surface area contributed by atoms with E-state index in [9.17, 15) is 14.4 Å². The van der Waals surface area contributed by atoms with Crippen LogP contribution in [0.4, 0.5) is 0 Å². The predicted molar refractivity (Wildman–Crippen MR) is 80.3 cm³/mol. The molecular weight excluding hydrogens is 302 g/mol. The molecule has 0 saturated carbocycles. The second-order valence-corrected chi connectivity index (χ2v) is 4.55. The number of esters is 1. The molecule has 1 aromatic heterocycles. The van der Waals surface area contributed by atoms with Gasteiger partial charge in [-0.15, -0.1) is 0 Å². The van der Waals surface area contributed by atoms with Gasteiger partial charge in [-0.05, 0) is 36.8 Å². The van der Waals surface area contributed by atoms with E-state index >= 15 is 0 Å². The molecule has 120 valence electrons. The van der Waals surface area contributed by atoms with Gasteiger partial charge in [0.2, 0.25) is 0 Å². The second kappa shape index (κ2) is 7.26. The minimum atomic E-state index is -1.31. The summed E-state index contributed by atoms with van der Waals surface area (Å²) in [6.45, 7) is 2.07. The number of pyridine rings is 1. The third kappa shape index (κ3) is 3.97. The molecule has 0 amide bonds. The molecule has 0 fully saturated rings. The fourth-order valence-corrected chi connectivity index (χ4v) is 1.84. The van der Waals surface area contributed by atoms with Crippen LogP contribution in [-0.4, -0.2) is 28.4 Å². The molecule has 1 N–H and O–H groups in total. The van der Waals surface area contributed by atoms with Crippen LogP contribution in [0.15, 0.2) is 47.4 Å². The molecule has 7 nitrogen and oxygen atoms in total. The zero-order valence-electron chi connectivity index (χ0n) is 12.4. The Balaban J connectivity index is 2.07. The number of rotatable bonds is 6. The van der Waals surface area contributed by atoms with Crippen molar-refractivity contribution in [1.29, 1.82) is 0 Å². The van der Waals surface area contributed by atoms with Crippen LogP contribution < -0.4 is 10.4 Å². The highest BCUT2D eigenvalue weighted by atomic mass is 16.7. The predicted octanol–water partition coefficient (Wildman–Crippen LogP) is 1.35. The molecule has 0 bridgehead atoms. The molecule has 0 aliphatic rings. The number of carbonyl (C=O) groups is 2. The lowest BCUT2D eigenvalue weighted by molar-refractivity contribution is 0.0525. The molecule has 0 saturated heterocycles. The summed E-state index contributed by atoms with van der Waals surface area (Å²) < 4.78 is 5.74. The van der Waals surface area contributed by atoms with Gasteiger partial charge in [-0.1, -0.05) is 12.1 Å². The van der Waals surface area contributed by atoms with Crippen molar-refractivity contribution in [2.24, 2.45) is 0 Å². The Hall–Kier alpha value is -3.09. The first-order valence-corrected chi connectivity index (χ1v) is 6.87. The maximum absolute atomic E-state index is 11.8. The van der Waals surface area contributed by atoms with E-state index in [-0.39, 0.29) is 12.2 Å². The van der Waals surface area contributed by atoms with Crippen LogP contribution in [0, 0.1) is 0 Å². The van der Waals surface area contributed by atoms with Gasteiger partial charge in [0.05, 0.1) is 12.2 Å². The van der Waals surface area contributed by atoms with Gasteiger partial charge in [-0.25, -0.2) is 9.59 Å². The summed E-state index contributed by atoms with van der Waals surface area (Å²) in [7, 11) is 0. The van der Waals surface area contributed by atoms with Gasteiger partial charge in [0.25, 0.3) is 5.56 Å². The minimum absolute atomic E-state index is 0.0477. The summed E-state index contributed by atoms with van der Waals surface area (Å²) in [5, 5.41) is 8.89. The van der Waals surface area contributed by atoms with E-state index < -0.39 is 17.5 Å². The fraction of sp³-hybridized carbons (Fsp3) is 0.188. The van der Waals surface area contributed by atoms with E-state index in [2.05, 4.69) is 0 Å². The molecule has 1 heterocycles.